The van der Waals surface area contributed by atoms with E-state index in [2.05, 4.69) is 16.8 Å². The van der Waals surface area contributed by atoms with Crippen molar-refractivity contribution in [2.45, 2.75) is 63.2 Å². The Bertz CT molecular complexity index is 375. The highest BCUT2D eigenvalue weighted by Gasteiger charge is 2.33. The Balaban J connectivity index is 0.000000435. The van der Waals surface area contributed by atoms with Gasteiger partial charge in [0, 0.05) is 6.54 Å². The van der Waals surface area contributed by atoms with Crippen molar-refractivity contribution in [1.29, 1.82) is 0 Å². The summed E-state index contributed by atoms with van der Waals surface area (Å²) in [5.41, 5.74) is 4.79. The van der Waals surface area contributed by atoms with Crippen LogP contribution < -0.4 is 5.73 Å². The second-order valence-corrected chi connectivity index (χ2v) is 7.50. The number of hydrogen-bond acceptors (Lipinski definition) is 6. The van der Waals surface area contributed by atoms with Gasteiger partial charge in [-0.2, -0.15) is 0 Å². The molecule has 0 radical (unpaired) electrons. The van der Waals surface area contributed by atoms with Crippen molar-refractivity contribution in [3.8, 4) is 0 Å². The van der Waals surface area contributed by atoms with Crippen LogP contribution in [0.3, 0.4) is 0 Å². The minimum absolute atomic E-state index is 0.266. The van der Waals surface area contributed by atoms with Crippen LogP contribution >= 0.6 is 0 Å². The average Bonchev–Trinajstić information content (AvgIpc) is 3.23. The maximum Gasteiger partial charge on any atom is 0.451 e. The Labute approximate surface area is 152 Å². The topological polar surface area (TPSA) is 110 Å². The van der Waals surface area contributed by atoms with Crippen LogP contribution in [0.15, 0.2) is 0 Å². The standard InChI is InChI=1S/C12H25BN2O4.C5H11N/c14-12(11(16)17,5-1-2-7-13(18)19)6-10-15-8-3-4-9-15;1-6-4-2-3-5-6/h18-19H,1-10,14H2,(H,16,17);2-5H2,1H3. The van der Waals surface area contributed by atoms with Gasteiger partial charge in [-0.1, -0.05) is 12.8 Å². The summed E-state index contributed by atoms with van der Waals surface area (Å²) in [7, 11) is 0.856. The van der Waals surface area contributed by atoms with Gasteiger partial charge in [-0.05, 0) is 78.1 Å². The van der Waals surface area contributed by atoms with Crippen molar-refractivity contribution in [3.05, 3.63) is 0 Å². The molecule has 0 bridgehead atoms. The number of nitrogens with two attached hydrogens (primary N) is 1. The number of nitrogens with zero attached hydrogens (tertiary/aromatic N) is 2. The first-order valence-corrected chi connectivity index (χ1v) is 9.63. The molecular formula is C17H36BN3O4. The van der Waals surface area contributed by atoms with E-state index in [0.29, 0.717) is 25.7 Å². The second-order valence-electron chi connectivity index (χ2n) is 7.50. The van der Waals surface area contributed by atoms with Gasteiger partial charge in [0.15, 0.2) is 0 Å². The Morgan fingerprint density at radius 2 is 1.60 bits per heavy atom. The number of rotatable bonds is 9. The second kappa shape index (κ2) is 11.9. The molecule has 8 heteroatoms. The molecule has 7 nitrogen and oxygen atoms in total. The first-order valence-electron chi connectivity index (χ1n) is 9.63. The summed E-state index contributed by atoms with van der Waals surface area (Å²) in [6.45, 7) is 5.43. The fourth-order valence-electron chi connectivity index (χ4n) is 3.35. The third-order valence-corrected chi connectivity index (χ3v) is 5.16. The molecule has 25 heavy (non-hydrogen) atoms. The number of likely N-dealkylation sites (tertiary alicyclic amines) is 2. The van der Waals surface area contributed by atoms with E-state index in [4.69, 9.17) is 15.8 Å². The lowest BCUT2D eigenvalue weighted by Gasteiger charge is -2.27. The van der Waals surface area contributed by atoms with Crippen molar-refractivity contribution in [2.75, 3.05) is 39.8 Å². The zero-order valence-corrected chi connectivity index (χ0v) is 15.7. The SMILES string of the molecule is CN1CCCC1.NC(CCCCB(O)O)(CCN1CCCC1)C(=O)O. The molecule has 2 fully saturated rings. The lowest BCUT2D eigenvalue weighted by atomic mass is 9.81. The summed E-state index contributed by atoms with van der Waals surface area (Å²) in [5.74, 6) is -0.962. The molecule has 1 unspecified atom stereocenters. The van der Waals surface area contributed by atoms with Crippen molar-refractivity contribution in [1.82, 2.24) is 9.80 Å². The molecular weight excluding hydrogens is 321 g/mol. The minimum Gasteiger partial charge on any atom is -0.480 e. The molecule has 5 N–H and O–H groups in total. The summed E-state index contributed by atoms with van der Waals surface area (Å²) in [5, 5.41) is 26.8. The van der Waals surface area contributed by atoms with Gasteiger partial charge in [-0.15, -0.1) is 0 Å². The van der Waals surface area contributed by atoms with Crippen molar-refractivity contribution < 1.29 is 19.9 Å². The van der Waals surface area contributed by atoms with Crippen LogP contribution in [0, 0.1) is 0 Å². The molecule has 0 aliphatic carbocycles. The van der Waals surface area contributed by atoms with Crippen molar-refractivity contribution >= 4 is 13.1 Å². The molecule has 2 rings (SSSR count). The van der Waals surface area contributed by atoms with Gasteiger partial charge in [0.2, 0.25) is 0 Å². The first kappa shape index (κ1) is 22.4. The molecule has 0 aromatic heterocycles. The lowest BCUT2D eigenvalue weighted by Crippen LogP contribution is -2.50. The number of hydrogen-bond donors (Lipinski definition) is 4. The summed E-state index contributed by atoms with van der Waals surface area (Å²) in [4.78, 5) is 15.9. The van der Waals surface area contributed by atoms with Gasteiger partial charge in [-0.3, -0.25) is 4.79 Å². The fraction of sp³-hybridized carbons (Fsp3) is 0.941. The first-order chi connectivity index (χ1) is 11.8. The lowest BCUT2D eigenvalue weighted by molar-refractivity contribution is -0.144. The van der Waals surface area contributed by atoms with Gasteiger partial charge >= 0.3 is 13.1 Å². The fourth-order valence-corrected chi connectivity index (χ4v) is 3.35. The molecule has 0 spiro atoms. The maximum atomic E-state index is 11.3. The summed E-state index contributed by atoms with van der Waals surface area (Å²) in [6, 6.07) is 0. The Kier molecular flexibility index (Phi) is 10.6. The highest BCUT2D eigenvalue weighted by Crippen LogP contribution is 2.19. The molecule has 2 heterocycles. The molecule has 1 atom stereocenters. The Morgan fingerprint density at radius 3 is 2.04 bits per heavy atom. The van der Waals surface area contributed by atoms with Gasteiger partial charge in [0.1, 0.15) is 5.54 Å². The number of carboxylic acids is 1. The number of unbranched alkanes of at least 4 members (excludes halogenated alkanes) is 1. The van der Waals surface area contributed by atoms with E-state index in [-0.39, 0.29) is 6.32 Å². The van der Waals surface area contributed by atoms with E-state index >= 15 is 0 Å². The third kappa shape index (κ3) is 9.56. The zero-order chi connectivity index (χ0) is 18.7. The van der Waals surface area contributed by atoms with Crippen LogP contribution in [-0.2, 0) is 4.79 Å². The van der Waals surface area contributed by atoms with E-state index in [1.54, 1.807) is 0 Å². The molecule has 2 aliphatic heterocycles. The van der Waals surface area contributed by atoms with E-state index in [1.165, 1.54) is 38.8 Å². The Morgan fingerprint density at radius 1 is 1.04 bits per heavy atom. The van der Waals surface area contributed by atoms with Crippen LogP contribution in [0.25, 0.3) is 0 Å². The van der Waals surface area contributed by atoms with Gasteiger partial charge in [-0.25, -0.2) is 0 Å². The number of carbonyl (C=O) groups is 1. The molecule has 0 saturated carbocycles. The molecule has 2 saturated heterocycles. The zero-order valence-electron chi connectivity index (χ0n) is 15.7. The maximum absolute atomic E-state index is 11.3. The molecule has 0 amide bonds. The van der Waals surface area contributed by atoms with E-state index < -0.39 is 18.6 Å². The van der Waals surface area contributed by atoms with Crippen molar-refractivity contribution in [2.24, 2.45) is 5.73 Å². The summed E-state index contributed by atoms with van der Waals surface area (Å²) < 4.78 is 0. The number of aliphatic carboxylic acids is 1. The third-order valence-electron chi connectivity index (χ3n) is 5.16. The normalized spacial score (nSPS) is 20.8. The molecule has 0 aromatic rings. The minimum atomic E-state index is -1.32. The average molecular weight is 357 g/mol. The number of carboxylic acid groups (broad SMARTS) is 1. The van der Waals surface area contributed by atoms with Crippen LogP contribution in [0.1, 0.15) is 51.4 Å². The Hall–Kier alpha value is -0.665. The van der Waals surface area contributed by atoms with Gasteiger partial charge in [0.05, 0.1) is 0 Å². The predicted octanol–water partition coefficient (Wildman–Crippen LogP) is 0.610. The van der Waals surface area contributed by atoms with E-state index in [0.717, 1.165) is 19.6 Å². The molecule has 146 valence electrons. The van der Waals surface area contributed by atoms with Crippen LogP contribution in [0.5, 0.6) is 0 Å². The van der Waals surface area contributed by atoms with Gasteiger partial charge < -0.3 is 30.7 Å². The predicted molar refractivity (Wildman–Crippen MR) is 100 cm³/mol. The summed E-state index contributed by atoms with van der Waals surface area (Å²) >= 11 is 0. The van der Waals surface area contributed by atoms with Crippen LogP contribution in [0.4, 0.5) is 0 Å². The van der Waals surface area contributed by atoms with Crippen molar-refractivity contribution in [3.63, 3.8) is 0 Å². The monoisotopic (exact) mass is 357 g/mol. The largest absolute Gasteiger partial charge is 0.480 e. The van der Waals surface area contributed by atoms with E-state index in [9.17, 15) is 9.90 Å². The van der Waals surface area contributed by atoms with Crippen LogP contribution in [0.2, 0.25) is 6.32 Å². The smallest absolute Gasteiger partial charge is 0.451 e. The highest BCUT2D eigenvalue weighted by molar-refractivity contribution is 6.40. The summed E-state index contributed by atoms with van der Waals surface area (Å²) in [6.07, 6.45) is 7.45. The molecule has 0 aromatic carbocycles. The highest BCUT2D eigenvalue weighted by atomic mass is 16.4. The quantitative estimate of drug-likeness (QED) is 0.353. The van der Waals surface area contributed by atoms with Gasteiger partial charge in [0.25, 0.3) is 0 Å². The molecule has 2 aliphatic rings. The van der Waals surface area contributed by atoms with E-state index in [1.807, 2.05) is 0 Å². The van der Waals surface area contributed by atoms with Crippen LogP contribution in [-0.4, -0.2) is 83.4 Å².